The molecule has 1 aliphatic rings. The van der Waals surface area contributed by atoms with E-state index >= 15 is 0 Å². The van der Waals surface area contributed by atoms with E-state index in [1.54, 1.807) is 0 Å². The number of hydrogen-bond acceptors (Lipinski definition) is 0. The molecule has 5 aromatic rings. The van der Waals surface area contributed by atoms with Gasteiger partial charge in [-0.2, -0.15) is 6.08 Å². The maximum atomic E-state index is 3.26. The van der Waals surface area contributed by atoms with Crippen molar-refractivity contribution in [2.75, 3.05) is 0 Å². The Morgan fingerprint density at radius 3 is 1.54 bits per heavy atom. The van der Waals surface area contributed by atoms with Gasteiger partial charge in [0.2, 0.25) is 0 Å². The Balaban J connectivity index is 0.000000209. The van der Waals surface area contributed by atoms with Crippen molar-refractivity contribution in [1.82, 2.24) is 0 Å². The van der Waals surface area contributed by atoms with Crippen molar-refractivity contribution in [1.29, 1.82) is 0 Å². The Morgan fingerprint density at radius 2 is 1.18 bits per heavy atom. The first-order valence-electron chi connectivity index (χ1n) is 13.0. The number of fused-ring (bicyclic) bond motifs is 3. The van der Waals surface area contributed by atoms with Crippen LogP contribution in [0.15, 0.2) is 121 Å². The zero-order valence-electron chi connectivity index (χ0n) is 23.0. The second-order valence-corrected chi connectivity index (χ2v) is 11.1. The van der Waals surface area contributed by atoms with E-state index in [1.165, 1.54) is 76.8 Å². The Labute approximate surface area is 261 Å². The van der Waals surface area contributed by atoms with Crippen LogP contribution in [-0.2, 0) is 24.2 Å². The molecule has 0 spiro atoms. The van der Waals surface area contributed by atoms with Gasteiger partial charge < -0.3 is 24.8 Å². The van der Waals surface area contributed by atoms with Crippen LogP contribution in [0.25, 0.3) is 21.5 Å². The first kappa shape index (κ1) is 32.8. The molecule has 0 heterocycles. The molecular weight excluding hydrogens is 595 g/mol. The number of benzene rings is 4. The summed E-state index contributed by atoms with van der Waals surface area (Å²) in [6.07, 6.45) is 8.59. The Hall–Kier alpha value is -2.44. The average Bonchev–Trinajstić information content (AvgIpc) is 3.58. The molecule has 0 saturated carbocycles. The molecule has 0 fully saturated rings. The minimum atomic E-state index is 0. The summed E-state index contributed by atoms with van der Waals surface area (Å²) in [5.74, 6) is 0.661. The molecule has 0 nitrogen and oxygen atoms in total. The van der Waals surface area contributed by atoms with Gasteiger partial charge in [-0.05, 0) is 13.8 Å². The first-order chi connectivity index (χ1) is 17.9. The summed E-state index contributed by atoms with van der Waals surface area (Å²) in [5.41, 5.74) is 6.68. The van der Waals surface area contributed by atoms with E-state index in [9.17, 15) is 0 Å². The molecule has 5 aromatic carbocycles. The monoisotopic (exact) mass is 626 g/mol. The zero-order valence-corrected chi connectivity index (χ0v) is 27.0. The normalized spacial score (nSPS) is 11.5. The fraction of sp³-hybridized carbons (Fsp3) is 0.167. The number of hydrogen-bond donors (Lipinski definition) is 0. The van der Waals surface area contributed by atoms with Crippen molar-refractivity contribution >= 4 is 24.8 Å². The van der Waals surface area contributed by atoms with Crippen molar-refractivity contribution in [3.8, 4) is 0 Å². The Kier molecular flexibility index (Phi) is 13.4. The molecule has 0 aromatic heterocycles. The molecule has 0 unspecified atom stereocenters. The quantitative estimate of drug-likeness (QED) is 0.269. The first-order valence-corrected chi connectivity index (χ1v) is 14.2. The molecule has 198 valence electrons. The van der Waals surface area contributed by atoms with Crippen LogP contribution in [0.2, 0.25) is 0 Å². The van der Waals surface area contributed by atoms with Gasteiger partial charge in [-0.3, -0.25) is 6.08 Å². The topological polar surface area (TPSA) is 0 Å². The number of halogens is 2. The van der Waals surface area contributed by atoms with E-state index < -0.39 is 0 Å². The van der Waals surface area contributed by atoms with Crippen molar-refractivity contribution in [2.24, 2.45) is 5.92 Å². The molecule has 0 amide bonds. The summed E-state index contributed by atoms with van der Waals surface area (Å²) in [7, 11) is 0. The van der Waals surface area contributed by atoms with Gasteiger partial charge in [0.25, 0.3) is 0 Å². The molecular formula is C36H34Cl2Zr-2. The molecule has 3 heteroatoms. The third-order valence-electron chi connectivity index (χ3n) is 6.48. The van der Waals surface area contributed by atoms with Gasteiger partial charge >= 0.3 is 99.2 Å². The summed E-state index contributed by atoms with van der Waals surface area (Å²) < 4.78 is 1.42. The zero-order chi connectivity index (χ0) is 26.2. The van der Waals surface area contributed by atoms with Crippen molar-refractivity contribution < 1.29 is 49.0 Å². The molecule has 0 saturated heterocycles. The minimum absolute atomic E-state index is 0. The summed E-state index contributed by atoms with van der Waals surface area (Å²) in [4.78, 5) is 0. The fourth-order valence-electron chi connectivity index (χ4n) is 4.46. The van der Waals surface area contributed by atoms with Gasteiger partial charge in [0, 0.05) is 0 Å². The molecule has 39 heavy (non-hydrogen) atoms. The molecule has 0 radical (unpaired) electrons. The molecule has 0 atom stereocenters. The second-order valence-electron chi connectivity index (χ2n) is 9.83. The summed E-state index contributed by atoms with van der Waals surface area (Å²) in [6.45, 7) is 8.67. The van der Waals surface area contributed by atoms with Gasteiger partial charge in [-0.1, -0.05) is 55.2 Å². The predicted octanol–water partition coefficient (Wildman–Crippen LogP) is 3.47. The van der Waals surface area contributed by atoms with Crippen LogP contribution in [0.1, 0.15) is 42.5 Å². The van der Waals surface area contributed by atoms with E-state index in [4.69, 9.17) is 0 Å². The molecule has 0 aliphatic heterocycles. The number of allylic oxidation sites excluding steroid dienone is 4. The standard InChI is InChI=1S/C15H13.C13H10.C8H11.2ClH.Zr/c1-10-3-5-14-12(7-10)9-13-8-11(2)4-6-15(13)14;1-3-7-12(8-4-1)11-13-9-5-2-6-10-13;1-7(2)8-5-3-4-6-8;;;/h3-9H,1-2H3;1-10H;3,5,7H,4H2,1-2H3;2*1H;/q-1;;-1;;;+2/p-2. The van der Waals surface area contributed by atoms with Crippen LogP contribution in [0, 0.1) is 25.8 Å². The van der Waals surface area contributed by atoms with Crippen LogP contribution in [0.3, 0.4) is 0 Å². The van der Waals surface area contributed by atoms with Gasteiger partial charge in [0.15, 0.2) is 0 Å². The van der Waals surface area contributed by atoms with Crippen LogP contribution in [0.5, 0.6) is 0 Å². The van der Waals surface area contributed by atoms with Crippen LogP contribution in [0.4, 0.5) is 0 Å². The molecule has 0 N–H and O–H groups in total. The van der Waals surface area contributed by atoms with E-state index in [0.29, 0.717) is 5.92 Å². The number of rotatable bonds is 3. The predicted molar refractivity (Wildman–Crippen MR) is 158 cm³/mol. The third kappa shape index (κ3) is 9.04. The van der Waals surface area contributed by atoms with E-state index in [-0.39, 0.29) is 24.8 Å². The van der Waals surface area contributed by atoms with E-state index in [1.807, 2.05) is 0 Å². The Morgan fingerprint density at radius 1 is 0.718 bits per heavy atom. The van der Waals surface area contributed by atoms with Crippen LogP contribution < -0.4 is 24.8 Å². The van der Waals surface area contributed by atoms with Crippen molar-refractivity contribution in [3.63, 3.8) is 0 Å². The third-order valence-corrected chi connectivity index (χ3v) is 7.90. The van der Waals surface area contributed by atoms with Crippen molar-refractivity contribution in [2.45, 2.75) is 34.1 Å². The molecule has 6 rings (SSSR count). The van der Waals surface area contributed by atoms with Gasteiger partial charge in [-0.25, -0.2) is 11.6 Å². The van der Waals surface area contributed by atoms with E-state index in [0.717, 1.165) is 6.42 Å². The van der Waals surface area contributed by atoms with Crippen molar-refractivity contribution in [3.05, 3.63) is 149 Å². The van der Waals surface area contributed by atoms with Crippen LogP contribution >= 0.6 is 0 Å². The SMILES string of the molecule is CC(C)C1=[C-]CC=C1.Cc1ccc2c(c1)[cH-]c1cc(C)ccc12.[Cl-].[Cl-].[Zr+2]=[C](c1ccccc1)c1ccccc1. The summed E-state index contributed by atoms with van der Waals surface area (Å²) in [6, 6.07) is 36.7. The summed E-state index contributed by atoms with van der Waals surface area (Å²) >= 11 is 1.46. The van der Waals surface area contributed by atoms with Crippen LogP contribution in [-0.4, -0.2) is 3.21 Å². The number of aryl methyl sites for hydroxylation is 2. The maximum absolute atomic E-state index is 3.26. The van der Waals surface area contributed by atoms with Gasteiger partial charge in [0.1, 0.15) is 0 Å². The van der Waals surface area contributed by atoms with E-state index in [2.05, 4.69) is 149 Å². The Bertz CT molecular complexity index is 1440. The summed E-state index contributed by atoms with van der Waals surface area (Å²) in [5, 5.41) is 5.46. The second kappa shape index (κ2) is 16.0. The average molecular weight is 629 g/mol. The molecule has 1 aliphatic carbocycles. The van der Waals surface area contributed by atoms with Gasteiger partial charge in [-0.15, -0.1) is 46.2 Å². The molecule has 0 bridgehead atoms. The van der Waals surface area contributed by atoms with Gasteiger partial charge in [0.05, 0.1) is 0 Å². The fourth-order valence-corrected chi connectivity index (χ4v) is 5.28.